The summed E-state index contributed by atoms with van der Waals surface area (Å²) in [6.45, 7) is 0.451. The van der Waals surface area contributed by atoms with Gasteiger partial charge in [-0.1, -0.05) is 23.4 Å². The summed E-state index contributed by atoms with van der Waals surface area (Å²) in [5.41, 5.74) is 1.42. The van der Waals surface area contributed by atoms with Crippen LogP contribution >= 0.6 is 0 Å². The molecule has 2 heterocycles. The molecule has 3 rings (SSSR count). The highest BCUT2D eigenvalue weighted by molar-refractivity contribution is 5.93. The second kappa shape index (κ2) is 10.1. The summed E-state index contributed by atoms with van der Waals surface area (Å²) in [6.07, 6.45) is -0.974. The van der Waals surface area contributed by atoms with E-state index in [0.29, 0.717) is 13.0 Å². The molecule has 11 heteroatoms. The molecule has 1 aromatic carbocycles. The van der Waals surface area contributed by atoms with Gasteiger partial charge in [0.25, 0.3) is 5.91 Å². The highest BCUT2D eigenvalue weighted by Gasteiger charge is 2.38. The number of nitrogens with zero attached hydrogens (tertiary/aromatic N) is 2. The Labute approximate surface area is 167 Å². The van der Waals surface area contributed by atoms with Crippen LogP contribution in [0.25, 0.3) is 11.3 Å². The van der Waals surface area contributed by atoms with Crippen LogP contribution < -0.4 is 5.32 Å². The summed E-state index contributed by atoms with van der Waals surface area (Å²) < 4.78 is 50.5. The van der Waals surface area contributed by atoms with E-state index in [4.69, 9.17) is 14.4 Å². The SMILES string of the molecule is O=C(NCCc1cccnc1)c1cc(-c2ccccc2F)on1.O=C(O)C(F)(F)F. The van der Waals surface area contributed by atoms with Crippen LogP contribution in [0.1, 0.15) is 16.1 Å². The Morgan fingerprint density at radius 3 is 2.43 bits per heavy atom. The molecule has 0 saturated heterocycles. The van der Waals surface area contributed by atoms with Crippen molar-refractivity contribution >= 4 is 11.9 Å². The zero-order valence-electron chi connectivity index (χ0n) is 15.2. The smallest absolute Gasteiger partial charge is 0.475 e. The number of nitrogens with one attached hydrogen (secondary N) is 1. The van der Waals surface area contributed by atoms with Gasteiger partial charge in [0.05, 0.1) is 5.56 Å². The van der Waals surface area contributed by atoms with E-state index in [1.54, 1.807) is 30.6 Å². The fourth-order valence-electron chi connectivity index (χ4n) is 2.13. The van der Waals surface area contributed by atoms with Crippen molar-refractivity contribution < 1.29 is 36.8 Å². The van der Waals surface area contributed by atoms with Crippen LogP contribution in [0, 0.1) is 5.82 Å². The Hall–Kier alpha value is -3.76. The molecular formula is C19H15F4N3O4. The van der Waals surface area contributed by atoms with Gasteiger partial charge in [0.2, 0.25) is 0 Å². The minimum absolute atomic E-state index is 0.120. The molecule has 2 aromatic heterocycles. The number of aromatic nitrogens is 2. The number of hydrogen-bond donors (Lipinski definition) is 2. The normalized spacial score (nSPS) is 10.7. The Morgan fingerprint density at radius 1 is 1.13 bits per heavy atom. The molecule has 7 nitrogen and oxygen atoms in total. The third-order valence-corrected chi connectivity index (χ3v) is 3.55. The average Bonchev–Trinajstić information content (AvgIpc) is 3.19. The molecule has 0 saturated carbocycles. The average molecular weight is 425 g/mol. The monoisotopic (exact) mass is 425 g/mol. The van der Waals surface area contributed by atoms with Gasteiger partial charge in [0, 0.05) is 25.0 Å². The van der Waals surface area contributed by atoms with Crippen LogP contribution in [0.15, 0.2) is 59.4 Å². The predicted octanol–water partition coefficient (Wildman–Crippen LogP) is 3.48. The lowest BCUT2D eigenvalue weighted by Gasteiger charge is -2.02. The first-order valence-electron chi connectivity index (χ1n) is 8.37. The molecule has 30 heavy (non-hydrogen) atoms. The third kappa shape index (κ3) is 6.69. The quantitative estimate of drug-likeness (QED) is 0.607. The van der Waals surface area contributed by atoms with E-state index < -0.39 is 18.0 Å². The van der Waals surface area contributed by atoms with Crippen molar-refractivity contribution in [2.45, 2.75) is 12.6 Å². The topological polar surface area (TPSA) is 105 Å². The van der Waals surface area contributed by atoms with Crippen LogP contribution in [0.5, 0.6) is 0 Å². The van der Waals surface area contributed by atoms with E-state index in [1.165, 1.54) is 12.1 Å². The first-order valence-corrected chi connectivity index (χ1v) is 8.37. The molecule has 0 bridgehead atoms. The number of carboxylic acids is 1. The Balaban J connectivity index is 0.000000396. The van der Waals surface area contributed by atoms with Crippen molar-refractivity contribution in [1.29, 1.82) is 0 Å². The molecule has 0 radical (unpaired) electrons. The van der Waals surface area contributed by atoms with Crippen molar-refractivity contribution in [3.8, 4) is 11.3 Å². The molecule has 158 valence electrons. The molecule has 0 aliphatic carbocycles. The van der Waals surface area contributed by atoms with E-state index >= 15 is 0 Å². The molecule has 2 N–H and O–H groups in total. The zero-order chi connectivity index (χ0) is 22.1. The molecule has 0 fully saturated rings. The largest absolute Gasteiger partial charge is 0.490 e. The van der Waals surface area contributed by atoms with Crippen molar-refractivity contribution in [2.75, 3.05) is 6.54 Å². The number of rotatable bonds is 5. The number of hydrogen-bond acceptors (Lipinski definition) is 5. The fourth-order valence-corrected chi connectivity index (χ4v) is 2.13. The van der Waals surface area contributed by atoms with E-state index in [-0.39, 0.29) is 22.9 Å². The number of carbonyl (C=O) groups is 2. The highest BCUT2D eigenvalue weighted by atomic mass is 19.4. The molecule has 0 aliphatic rings. The van der Waals surface area contributed by atoms with Crippen molar-refractivity contribution in [3.05, 3.63) is 71.9 Å². The lowest BCUT2D eigenvalue weighted by molar-refractivity contribution is -0.192. The second-order valence-electron chi connectivity index (χ2n) is 5.73. The second-order valence-corrected chi connectivity index (χ2v) is 5.73. The number of pyridine rings is 1. The van der Waals surface area contributed by atoms with Gasteiger partial charge < -0.3 is 14.9 Å². The summed E-state index contributed by atoms with van der Waals surface area (Å²) in [5, 5.41) is 13.6. The maximum atomic E-state index is 13.7. The molecular weight excluding hydrogens is 410 g/mol. The van der Waals surface area contributed by atoms with Gasteiger partial charge in [0.1, 0.15) is 5.82 Å². The summed E-state index contributed by atoms with van der Waals surface area (Å²) in [7, 11) is 0. The predicted molar refractivity (Wildman–Crippen MR) is 95.9 cm³/mol. The number of alkyl halides is 3. The maximum absolute atomic E-state index is 13.7. The zero-order valence-corrected chi connectivity index (χ0v) is 15.2. The molecule has 0 atom stereocenters. The van der Waals surface area contributed by atoms with Gasteiger partial charge in [-0.3, -0.25) is 9.78 Å². The van der Waals surface area contributed by atoms with E-state index in [1.807, 2.05) is 12.1 Å². The lowest BCUT2D eigenvalue weighted by Crippen LogP contribution is -2.25. The third-order valence-electron chi connectivity index (χ3n) is 3.55. The first kappa shape index (κ1) is 22.5. The Morgan fingerprint density at radius 2 is 1.83 bits per heavy atom. The van der Waals surface area contributed by atoms with Crippen LogP contribution in [-0.2, 0) is 11.2 Å². The lowest BCUT2D eigenvalue weighted by atomic mass is 10.1. The molecule has 0 spiro atoms. The van der Waals surface area contributed by atoms with Crippen LogP contribution in [-0.4, -0.2) is 39.8 Å². The van der Waals surface area contributed by atoms with Crippen LogP contribution in [0.2, 0.25) is 0 Å². The molecule has 3 aromatic rings. The highest BCUT2D eigenvalue weighted by Crippen LogP contribution is 2.23. The minimum Gasteiger partial charge on any atom is -0.475 e. The number of halogens is 4. The fraction of sp³-hybridized carbons (Fsp3) is 0.158. The van der Waals surface area contributed by atoms with Gasteiger partial charge >= 0.3 is 12.1 Å². The molecule has 0 aliphatic heterocycles. The summed E-state index contributed by atoms with van der Waals surface area (Å²) in [5.74, 6) is -3.32. The first-order chi connectivity index (χ1) is 14.2. The van der Waals surface area contributed by atoms with Gasteiger partial charge in [-0.2, -0.15) is 13.2 Å². The Bertz CT molecular complexity index is 991. The molecule has 1 amide bonds. The van der Waals surface area contributed by atoms with Crippen molar-refractivity contribution in [3.63, 3.8) is 0 Å². The summed E-state index contributed by atoms with van der Waals surface area (Å²) in [6, 6.07) is 11.4. The number of benzene rings is 1. The van der Waals surface area contributed by atoms with Gasteiger partial charge in [-0.05, 0) is 30.2 Å². The van der Waals surface area contributed by atoms with Crippen LogP contribution in [0.3, 0.4) is 0 Å². The van der Waals surface area contributed by atoms with Crippen LogP contribution in [0.4, 0.5) is 17.6 Å². The van der Waals surface area contributed by atoms with E-state index in [9.17, 15) is 22.4 Å². The Kier molecular flexibility index (Phi) is 7.62. The number of carbonyl (C=O) groups excluding carboxylic acids is 1. The van der Waals surface area contributed by atoms with Gasteiger partial charge in [-0.15, -0.1) is 0 Å². The number of aliphatic carboxylic acids is 1. The minimum atomic E-state index is -5.08. The number of carboxylic acid groups (broad SMARTS) is 1. The van der Waals surface area contributed by atoms with Crippen molar-refractivity contribution in [1.82, 2.24) is 15.5 Å². The van der Waals surface area contributed by atoms with Gasteiger partial charge in [-0.25, -0.2) is 9.18 Å². The van der Waals surface area contributed by atoms with E-state index in [2.05, 4.69) is 15.5 Å². The number of amides is 1. The van der Waals surface area contributed by atoms with Crippen molar-refractivity contribution in [2.24, 2.45) is 0 Å². The standard InChI is InChI=1S/C17H14FN3O2.C2HF3O2/c18-14-6-2-1-5-13(14)16-10-15(21-23-16)17(22)20-9-7-12-4-3-8-19-11-12;3-2(4,5)1(6)7/h1-6,8,10-11H,7,9H2,(H,20,22);(H,6,7). The maximum Gasteiger partial charge on any atom is 0.490 e. The summed E-state index contributed by atoms with van der Waals surface area (Å²) >= 11 is 0. The van der Waals surface area contributed by atoms with Gasteiger partial charge in [0.15, 0.2) is 11.5 Å². The summed E-state index contributed by atoms with van der Waals surface area (Å²) in [4.78, 5) is 24.9. The van der Waals surface area contributed by atoms with E-state index in [0.717, 1.165) is 5.56 Å². The molecule has 0 unspecified atom stereocenters.